The Kier molecular flexibility index (Phi) is 4.85. The molecule has 0 unspecified atom stereocenters. The van der Waals surface area contributed by atoms with Gasteiger partial charge in [-0.05, 0) is 39.3 Å². The van der Waals surface area contributed by atoms with E-state index in [1.807, 2.05) is 55.8 Å². The number of rotatable bonds is 5. The third-order valence-corrected chi connectivity index (χ3v) is 4.15. The van der Waals surface area contributed by atoms with Crippen LogP contribution in [0.5, 0.6) is 0 Å². The summed E-state index contributed by atoms with van der Waals surface area (Å²) < 4.78 is 1.85. The first-order chi connectivity index (χ1) is 10.9. The zero-order valence-corrected chi connectivity index (χ0v) is 14.1. The summed E-state index contributed by atoms with van der Waals surface area (Å²) in [7, 11) is 0. The van der Waals surface area contributed by atoms with Crippen molar-refractivity contribution in [2.75, 3.05) is 0 Å². The van der Waals surface area contributed by atoms with E-state index in [1.165, 1.54) is 0 Å². The second-order valence-electron chi connectivity index (χ2n) is 5.92. The fraction of sp³-hybridized carbons (Fsp3) is 0.389. The number of carbonyl (C=O) groups excluding carboxylic acids is 1. The summed E-state index contributed by atoms with van der Waals surface area (Å²) in [5.41, 5.74) is 2.82. The van der Waals surface area contributed by atoms with Gasteiger partial charge in [0.05, 0.1) is 23.9 Å². The van der Waals surface area contributed by atoms with Crippen LogP contribution in [0.4, 0.5) is 0 Å². The average molecular weight is 310 g/mol. The zero-order chi connectivity index (χ0) is 17.0. The summed E-state index contributed by atoms with van der Waals surface area (Å²) in [6.07, 6.45) is 0.790. The van der Waals surface area contributed by atoms with E-state index in [0.29, 0.717) is 6.42 Å². The van der Waals surface area contributed by atoms with Crippen LogP contribution >= 0.6 is 0 Å². The molecule has 0 saturated carbocycles. The number of nitriles is 1. The van der Waals surface area contributed by atoms with Gasteiger partial charge in [0, 0.05) is 11.3 Å². The van der Waals surface area contributed by atoms with Gasteiger partial charge in [-0.1, -0.05) is 25.1 Å². The van der Waals surface area contributed by atoms with Crippen LogP contribution in [0.15, 0.2) is 30.3 Å². The SMILES string of the molecule is CC[C@](C)(C#N)NC(=O)Cc1c(C)nn(-c2ccccc2)c1C. The molecule has 5 nitrogen and oxygen atoms in total. The lowest BCUT2D eigenvalue weighted by Crippen LogP contribution is -2.45. The fourth-order valence-electron chi connectivity index (χ4n) is 2.46. The van der Waals surface area contributed by atoms with Crippen molar-refractivity contribution in [1.82, 2.24) is 15.1 Å². The first-order valence-electron chi connectivity index (χ1n) is 7.73. The van der Waals surface area contributed by atoms with Gasteiger partial charge in [-0.15, -0.1) is 0 Å². The van der Waals surface area contributed by atoms with E-state index in [4.69, 9.17) is 0 Å². The molecule has 1 atom stereocenters. The molecule has 1 amide bonds. The van der Waals surface area contributed by atoms with E-state index in [2.05, 4.69) is 16.5 Å². The van der Waals surface area contributed by atoms with Gasteiger partial charge in [0.15, 0.2) is 0 Å². The molecule has 0 radical (unpaired) electrons. The molecular formula is C18H22N4O. The summed E-state index contributed by atoms with van der Waals surface area (Å²) in [6.45, 7) is 7.47. The number of nitrogens with one attached hydrogen (secondary N) is 1. The van der Waals surface area contributed by atoms with Crippen LogP contribution in [-0.2, 0) is 11.2 Å². The highest BCUT2D eigenvalue weighted by Gasteiger charge is 2.25. The van der Waals surface area contributed by atoms with E-state index in [9.17, 15) is 10.1 Å². The minimum absolute atomic E-state index is 0.158. The molecule has 0 bridgehead atoms. The van der Waals surface area contributed by atoms with E-state index in [0.717, 1.165) is 22.6 Å². The average Bonchev–Trinajstić information content (AvgIpc) is 2.83. The molecule has 1 N–H and O–H groups in total. The van der Waals surface area contributed by atoms with Crippen LogP contribution in [0, 0.1) is 25.2 Å². The Hall–Kier alpha value is -2.61. The van der Waals surface area contributed by atoms with Gasteiger partial charge in [-0.2, -0.15) is 10.4 Å². The molecule has 1 aromatic carbocycles. The van der Waals surface area contributed by atoms with E-state index in [-0.39, 0.29) is 12.3 Å². The summed E-state index contributed by atoms with van der Waals surface area (Å²) in [5.74, 6) is -0.158. The zero-order valence-electron chi connectivity index (χ0n) is 14.1. The number of amides is 1. The molecule has 0 aliphatic heterocycles. The van der Waals surface area contributed by atoms with Gasteiger partial charge in [0.2, 0.25) is 5.91 Å². The van der Waals surface area contributed by atoms with Crippen molar-refractivity contribution in [1.29, 1.82) is 5.26 Å². The molecule has 0 fully saturated rings. The number of aromatic nitrogens is 2. The maximum Gasteiger partial charge on any atom is 0.225 e. The predicted molar refractivity (Wildman–Crippen MR) is 89.2 cm³/mol. The standard InChI is InChI=1S/C18H22N4O/c1-5-18(4,12-19)20-17(23)11-16-13(2)21-22(14(16)3)15-9-7-6-8-10-15/h6-10H,5,11H2,1-4H3,(H,20,23)/t18-/m1/s1. The molecule has 0 aliphatic rings. The molecule has 0 aliphatic carbocycles. The minimum Gasteiger partial charge on any atom is -0.338 e. The predicted octanol–water partition coefficient (Wildman–Crippen LogP) is 2.84. The van der Waals surface area contributed by atoms with Crippen LogP contribution in [0.1, 0.15) is 37.2 Å². The number of aryl methyl sites for hydroxylation is 1. The lowest BCUT2D eigenvalue weighted by atomic mass is 10.0. The molecule has 5 heteroatoms. The molecule has 23 heavy (non-hydrogen) atoms. The van der Waals surface area contributed by atoms with Crippen LogP contribution in [-0.4, -0.2) is 21.2 Å². The summed E-state index contributed by atoms with van der Waals surface area (Å²) >= 11 is 0. The molecule has 0 spiro atoms. The number of benzene rings is 1. The fourth-order valence-corrected chi connectivity index (χ4v) is 2.46. The maximum atomic E-state index is 12.3. The number of nitrogens with zero attached hydrogens (tertiary/aromatic N) is 3. The van der Waals surface area contributed by atoms with Crippen molar-refractivity contribution >= 4 is 5.91 Å². The molecular weight excluding hydrogens is 288 g/mol. The number of carbonyl (C=O) groups is 1. The Morgan fingerprint density at radius 1 is 1.35 bits per heavy atom. The van der Waals surface area contributed by atoms with Gasteiger partial charge < -0.3 is 5.32 Å². The van der Waals surface area contributed by atoms with Crippen molar-refractivity contribution in [2.24, 2.45) is 0 Å². The molecule has 2 rings (SSSR count). The molecule has 120 valence electrons. The van der Waals surface area contributed by atoms with Gasteiger partial charge in [0.1, 0.15) is 5.54 Å². The Morgan fingerprint density at radius 3 is 2.57 bits per heavy atom. The molecule has 2 aromatic rings. The number of hydrogen-bond donors (Lipinski definition) is 1. The third kappa shape index (κ3) is 3.59. The monoisotopic (exact) mass is 310 g/mol. The Bertz CT molecular complexity index is 742. The maximum absolute atomic E-state index is 12.3. The van der Waals surface area contributed by atoms with Crippen LogP contribution in [0.2, 0.25) is 0 Å². The molecule has 1 aromatic heterocycles. The number of hydrogen-bond acceptors (Lipinski definition) is 3. The topological polar surface area (TPSA) is 70.7 Å². The van der Waals surface area contributed by atoms with Gasteiger partial charge in [-0.3, -0.25) is 4.79 Å². The molecule has 0 saturated heterocycles. The van der Waals surface area contributed by atoms with Crippen molar-refractivity contribution < 1.29 is 4.79 Å². The normalized spacial score (nSPS) is 13.2. The largest absolute Gasteiger partial charge is 0.338 e. The van der Waals surface area contributed by atoms with Crippen molar-refractivity contribution in [3.05, 3.63) is 47.3 Å². The first kappa shape index (κ1) is 16.8. The Labute approximate surface area is 136 Å². The smallest absolute Gasteiger partial charge is 0.225 e. The van der Waals surface area contributed by atoms with Crippen molar-refractivity contribution in [3.63, 3.8) is 0 Å². The summed E-state index contributed by atoms with van der Waals surface area (Å²) in [6, 6.07) is 12.0. The Morgan fingerprint density at radius 2 is 2.00 bits per heavy atom. The molecule has 1 heterocycles. The minimum atomic E-state index is -0.825. The van der Waals surface area contributed by atoms with Crippen molar-refractivity contribution in [2.45, 2.75) is 46.1 Å². The van der Waals surface area contributed by atoms with Gasteiger partial charge in [0.25, 0.3) is 0 Å². The second-order valence-corrected chi connectivity index (χ2v) is 5.92. The van der Waals surface area contributed by atoms with Crippen molar-refractivity contribution in [3.8, 4) is 11.8 Å². The van der Waals surface area contributed by atoms with E-state index in [1.54, 1.807) is 6.92 Å². The van der Waals surface area contributed by atoms with E-state index >= 15 is 0 Å². The lowest BCUT2D eigenvalue weighted by molar-refractivity contribution is -0.121. The highest BCUT2D eigenvalue weighted by Crippen LogP contribution is 2.19. The van der Waals surface area contributed by atoms with E-state index < -0.39 is 5.54 Å². The quantitative estimate of drug-likeness (QED) is 0.923. The van der Waals surface area contributed by atoms with Gasteiger partial charge in [-0.25, -0.2) is 4.68 Å². The number of para-hydroxylation sites is 1. The van der Waals surface area contributed by atoms with Crippen LogP contribution < -0.4 is 5.32 Å². The third-order valence-electron chi connectivity index (χ3n) is 4.15. The lowest BCUT2D eigenvalue weighted by Gasteiger charge is -2.21. The van der Waals surface area contributed by atoms with Crippen LogP contribution in [0.25, 0.3) is 5.69 Å². The summed E-state index contributed by atoms with van der Waals surface area (Å²) in [4.78, 5) is 12.3. The summed E-state index contributed by atoms with van der Waals surface area (Å²) in [5, 5.41) is 16.5. The highest BCUT2D eigenvalue weighted by molar-refractivity contribution is 5.80. The Balaban J connectivity index is 2.24. The first-order valence-corrected chi connectivity index (χ1v) is 7.73. The highest BCUT2D eigenvalue weighted by atomic mass is 16.1. The second kappa shape index (κ2) is 6.66. The van der Waals surface area contributed by atoms with Crippen LogP contribution in [0.3, 0.4) is 0 Å². The van der Waals surface area contributed by atoms with Gasteiger partial charge >= 0.3 is 0 Å².